The van der Waals surface area contributed by atoms with Crippen LogP contribution in [0.4, 0.5) is 0 Å². The first-order valence-electron chi connectivity index (χ1n) is 6.55. The minimum absolute atomic E-state index is 0.0200. The molecule has 0 heterocycles. The van der Waals surface area contributed by atoms with E-state index in [1.165, 1.54) is 20.3 Å². The lowest BCUT2D eigenvalue weighted by molar-refractivity contribution is -0.159. The van der Waals surface area contributed by atoms with Crippen LogP contribution in [0.5, 0.6) is 0 Å². The summed E-state index contributed by atoms with van der Waals surface area (Å²) >= 11 is 0. The summed E-state index contributed by atoms with van der Waals surface area (Å²) in [4.78, 5) is 35.8. The Kier molecular flexibility index (Phi) is 5.67. The van der Waals surface area contributed by atoms with Crippen LogP contribution in [0, 0.1) is 11.3 Å². The van der Waals surface area contributed by atoms with E-state index >= 15 is 0 Å². The number of hydrogen-bond donors (Lipinski definition) is 0. The fourth-order valence-electron chi connectivity index (χ4n) is 2.41. The maximum Gasteiger partial charge on any atom is 0.320 e. The average molecular weight is 280 g/mol. The molecule has 0 radical (unpaired) electrons. The number of ketones is 1. The molecule has 0 fully saturated rings. The van der Waals surface area contributed by atoms with Gasteiger partial charge >= 0.3 is 11.9 Å². The summed E-state index contributed by atoms with van der Waals surface area (Å²) in [6, 6.07) is 0. The minimum atomic E-state index is -1.34. The Bertz CT molecular complexity index is 449. The number of allylic oxidation sites excluding steroid dienone is 4. The Labute approximate surface area is 118 Å². The molecule has 0 saturated carbocycles. The van der Waals surface area contributed by atoms with E-state index in [1.807, 2.05) is 13.0 Å². The third-order valence-corrected chi connectivity index (χ3v) is 3.56. The molecule has 0 aromatic heterocycles. The maximum absolute atomic E-state index is 12.2. The highest BCUT2D eigenvalue weighted by Crippen LogP contribution is 2.42. The van der Waals surface area contributed by atoms with Gasteiger partial charge in [-0.25, -0.2) is 0 Å². The fourth-order valence-corrected chi connectivity index (χ4v) is 2.41. The van der Waals surface area contributed by atoms with Crippen LogP contribution in [-0.4, -0.2) is 31.9 Å². The van der Waals surface area contributed by atoms with Crippen molar-refractivity contribution in [3.63, 3.8) is 0 Å². The molecular formula is C15H20O5. The van der Waals surface area contributed by atoms with Gasteiger partial charge in [0.2, 0.25) is 0 Å². The summed E-state index contributed by atoms with van der Waals surface area (Å²) in [6.45, 7) is 1.96. The van der Waals surface area contributed by atoms with Crippen molar-refractivity contribution in [2.24, 2.45) is 11.3 Å². The number of ether oxygens (including phenoxy) is 2. The van der Waals surface area contributed by atoms with E-state index in [4.69, 9.17) is 4.74 Å². The molecule has 0 aliphatic heterocycles. The Balaban J connectivity index is 3.09. The fraction of sp³-hybridized carbons (Fsp3) is 0.533. The minimum Gasteiger partial charge on any atom is -0.469 e. The quantitative estimate of drug-likeness (QED) is 0.421. The molecule has 0 aromatic carbocycles. The van der Waals surface area contributed by atoms with Crippen molar-refractivity contribution in [3.05, 3.63) is 24.3 Å². The van der Waals surface area contributed by atoms with Crippen LogP contribution in [-0.2, 0) is 23.9 Å². The van der Waals surface area contributed by atoms with Gasteiger partial charge in [-0.2, -0.15) is 0 Å². The molecule has 110 valence electrons. The van der Waals surface area contributed by atoms with E-state index in [0.717, 1.165) is 6.42 Å². The summed E-state index contributed by atoms with van der Waals surface area (Å²) in [5.41, 5.74) is -1.34. The normalized spacial score (nSPS) is 25.1. The van der Waals surface area contributed by atoms with Crippen LogP contribution in [0.25, 0.3) is 0 Å². The molecule has 5 heteroatoms. The number of methoxy groups -OCH3 is 2. The first-order chi connectivity index (χ1) is 9.52. The van der Waals surface area contributed by atoms with Gasteiger partial charge in [0, 0.05) is 5.92 Å². The molecule has 0 bridgehead atoms. The zero-order chi connectivity index (χ0) is 15.2. The predicted molar refractivity (Wildman–Crippen MR) is 72.8 cm³/mol. The van der Waals surface area contributed by atoms with Crippen molar-refractivity contribution >= 4 is 17.7 Å². The highest BCUT2D eigenvalue weighted by atomic mass is 16.5. The van der Waals surface area contributed by atoms with Gasteiger partial charge in [0.05, 0.1) is 20.6 Å². The van der Waals surface area contributed by atoms with Crippen LogP contribution in [0.2, 0.25) is 0 Å². The van der Waals surface area contributed by atoms with Crippen molar-refractivity contribution in [1.29, 1.82) is 0 Å². The summed E-state index contributed by atoms with van der Waals surface area (Å²) in [5, 5.41) is 0. The van der Waals surface area contributed by atoms with Crippen molar-refractivity contribution in [2.45, 2.75) is 26.2 Å². The molecule has 0 saturated heterocycles. The second kappa shape index (κ2) is 7.03. The lowest BCUT2D eigenvalue weighted by Gasteiger charge is -2.29. The van der Waals surface area contributed by atoms with Crippen molar-refractivity contribution < 1.29 is 23.9 Å². The van der Waals surface area contributed by atoms with Crippen LogP contribution >= 0.6 is 0 Å². The Hall–Kier alpha value is -1.91. The van der Waals surface area contributed by atoms with Gasteiger partial charge in [0.25, 0.3) is 0 Å². The summed E-state index contributed by atoms with van der Waals surface area (Å²) in [5.74, 6) is -1.92. The second-order valence-corrected chi connectivity index (χ2v) is 4.66. The first-order valence-corrected chi connectivity index (χ1v) is 6.55. The van der Waals surface area contributed by atoms with Crippen LogP contribution in [0.15, 0.2) is 24.3 Å². The Morgan fingerprint density at radius 2 is 2.00 bits per heavy atom. The molecule has 0 N–H and O–H groups in total. The number of carbonyl (C=O) groups is 3. The topological polar surface area (TPSA) is 69.7 Å². The van der Waals surface area contributed by atoms with Crippen LogP contribution in [0.1, 0.15) is 26.2 Å². The number of carbonyl (C=O) groups excluding carboxylic acids is 3. The second-order valence-electron chi connectivity index (χ2n) is 4.66. The van der Waals surface area contributed by atoms with E-state index in [-0.39, 0.29) is 18.6 Å². The largest absolute Gasteiger partial charge is 0.469 e. The zero-order valence-corrected chi connectivity index (χ0v) is 12.0. The van der Waals surface area contributed by atoms with Gasteiger partial charge in [-0.05, 0) is 18.9 Å². The van der Waals surface area contributed by atoms with Gasteiger partial charge in [0.15, 0.2) is 5.78 Å². The summed E-state index contributed by atoms with van der Waals surface area (Å²) < 4.78 is 9.42. The standard InChI is InChI=1S/C15H20O5/c1-4-5-6-9-15(14(18)20-3)11(7-8-12(15)16)10-13(17)19-2/h5-8,11H,4,9-10H2,1-3H3/b6-5-. The number of rotatable bonds is 6. The molecule has 2 unspecified atom stereocenters. The molecule has 1 aliphatic rings. The third-order valence-electron chi connectivity index (χ3n) is 3.56. The molecule has 0 amide bonds. The van der Waals surface area contributed by atoms with Gasteiger partial charge in [-0.3, -0.25) is 14.4 Å². The highest BCUT2D eigenvalue weighted by Gasteiger charge is 2.53. The molecular weight excluding hydrogens is 260 g/mol. The Morgan fingerprint density at radius 3 is 2.55 bits per heavy atom. The monoisotopic (exact) mass is 280 g/mol. The van der Waals surface area contributed by atoms with E-state index in [1.54, 1.807) is 12.2 Å². The predicted octanol–water partition coefficient (Wildman–Crippen LogP) is 1.82. The zero-order valence-electron chi connectivity index (χ0n) is 12.0. The molecule has 5 nitrogen and oxygen atoms in total. The van der Waals surface area contributed by atoms with E-state index in [2.05, 4.69) is 4.74 Å². The lowest BCUT2D eigenvalue weighted by Crippen LogP contribution is -2.42. The molecule has 20 heavy (non-hydrogen) atoms. The van der Waals surface area contributed by atoms with E-state index in [0.29, 0.717) is 0 Å². The first kappa shape index (κ1) is 16.1. The maximum atomic E-state index is 12.2. The van der Waals surface area contributed by atoms with Crippen molar-refractivity contribution in [2.75, 3.05) is 14.2 Å². The van der Waals surface area contributed by atoms with E-state index < -0.39 is 23.3 Å². The molecule has 0 aromatic rings. The lowest BCUT2D eigenvalue weighted by atomic mass is 9.72. The average Bonchev–Trinajstić information content (AvgIpc) is 2.76. The highest BCUT2D eigenvalue weighted by molar-refractivity contribution is 6.12. The Morgan fingerprint density at radius 1 is 1.30 bits per heavy atom. The molecule has 0 spiro atoms. The molecule has 1 aliphatic carbocycles. The van der Waals surface area contributed by atoms with Crippen molar-refractivity contribution in [3.8, 4) is 0 Å². The molecule has 2 atom stereocenters. The molecule has 1 rings (SSSR count). The van der Waals surface area contributed by atoms with Crippen LogP contribution in [0.3, 0.4) is 0 Å². The number of esters is 2. The summed E-state index contributed by atoms with van der Waals surface area (Å²) in [7, 11) is 2.52. The van der Waals surface area contributed by atoms with Gasteiger partial charge in [-0.15, -0.1) is 0 Å². The smallest absolute Gasteiger partial charge is 0.320 e. The van der Waals surface area contributed by atoms with Crippen LogP contribution < -0.4 is 0 Å². The third kappa shape index (κ3) is 2.98. The van der Waals surface area contributed by atoms with Gasteiger partial charge < -0.3 is 9.47 Å². The number of hydrogen-bond acceptors (Lipinski definition) is 5. The van der Waals surface area contributed by atoms with E-state index in [9.17, 15) is 14.4 Å². The SMILES string of the molecule is CC/C=C\CC1(C(=O)OC)C(=O)C=CC1CC(=O)OC. The van der Waals surface area contributed by atoms with Crippen molar-refractivity contribution in [1.82, 2.24) is 0 Å². The van der Waals surface area contributed by atoms with Gasteiger partial charge in [0.1, 0.15) is 5.41 Å². The summed E-state index contributed by atoms with van der Waals surface area (Å²) in [6.07, 6.45) is 7.62. The van der Waals surface area contributed by atoms with Gasteiger partial charge in [-0.1, -0.05) is 25.2 Å².